The molecule has 2 fully saturated rings. The summed E-state index contributed by atoms with van der Waals surface area (Å²) in [5.41, 5.74) is 0. The molecular formula is C15H29ClN2O. The molecule has 0 radical (unpaired) electrons. The lowest BCUT2D eigenvalue weighted by Gasteiger charge is -2.30. The summed E-state index contributed by atoms with van der Waals surface area (Å²) < 4.78 is 0. The van der Waals surface area contributed by atoms with Crippen molar-refractivity contribution in [1.82, 2.24) is 10.2 Å². The Balaban J connectivity index is 0.00000180. The van der Waals surface area contributed by atoms with Crippen molar-refractivity contribution in [2.75, 3.05) is 19.6 Å². The maximum Gasteiger partial charge on any atom is 0.223 e. The number of amides is 1. The van der Waals surface area contributed by atoms with E-state index in [9.17, 15) is 4.79 Å². The van der Waals surface area contributed by atoms with Crippen LogP contribution < -0.4 is 5.32 Å². The van der Waals surface area contributed by atoms with Gasteiger partial charge in [-0.2, -0.15) is 0 Å². The molecule has 4 heteroatoms. The molecule has 0 aromatic rings. The second kappa shape index (κ2) is 8.11. The van der Waals surface area contributed by atoms with Gasteiger partial charge in [-0.3, -0.25) is 4.79 Å². The van der Waals surface area contributed by atoms with Gasteiger partial charge >= 0.3 is 0 Å². The van der Waals surface area contributed by atoms with Crippen LogP contribution in [0.3, 0.4) is 0 Å². The predicted octanol–water partition coefficient (Wildman–Crippen LogP) is 2.84. The van der Waals surface area contributed by atoms with Gasteiger partial charge in [0.25, 0.3) is 0 Å². The van der Waals surface area contributed by atoms with Crippen LogP contribution in [0.5, 0.6) is 0 Å². The Morgan fingerprint density at radius 2 is 2.11 bits per heavy atom. The van der Waals surface area contributed by atoms with E-state index in [4.69, 9.17) is 0 Å². The number of carbonyl (C=O) groups is 1. The van der Waals surface area contributed by atoms with Crippen LogP contribution in [-0.2, 0) is 4.79 Å². The Morgan fingerprint density at radius 1 is 1.37 bits per heavy atom. The average Bonchev–Trinajstić information content (AvgIpc) is 3.21. The van der Waals surface area contributed by atoms with Crippen molar-refractivity contribution in [1.29, 1.82) is 0 Å². The molecule has 1 aliphatic carbocycles. The summed E-state index contributed by atoms with van der Waals surface area (Å²) in [5, 5.41) is 3.45. The van der Waals surface area contributed by atoms with E-state index < -0.39 is 0 Å². The zero-order chi connectivity index (χ0) is 13.0. The average molecular weight is 289 g/mol. The zero-order valence-electron chi connectivity index (χ0n) is 12.4. The van der Waals surface area contributed by atoms with Gasteiger partial charge in [0.2, 0.25) is 5.91 Å². The lowest BCUT2D eigenvalue weighted by molar-refractivity contribution is -0.133. The largest absolute Gasteiger partial charge is 0.340 e. The quantitative estimate of drug-likeness (QED) is 0.815. The molecule has 2 atom stereocenters. The van der Waals surface area contributed by atoms with Crippen molar-refractivity contribution in [3.63, 3.8) is 0 Å². The van der Waals surface area contributed by atoms with Crippen molar-refractivity contribution >= 4 is 18.3 Å². The maximum atomic E-state index is 12.4. The molecule has 0 spiro atoms. The topological polar surface area (TPSA) is 32.3 Å². The summed E-state index contributed by atoms with van der Waals surface area (Å²) in [4.78, 5) is 14.5. The minimum atomic E-state index is 0. The standard InChI is InChI=1S/C15H28N2O.ClH/c1-3-9-17(14-6-7-14)15(18)10-12(2)13-5-4-8-16-11-13;/h12-14,16H,3-11H2,1-2H3;1H. The van der Waals surface area contributed by atoms with Gasteiger partial charge in [0.15, 0.2) is 0 Å². The second-order valence-electron chi connectivity index (χ2n) is 6.11. The van der Waals surface area contributed by atoms with E-state index in [-0.39, 0.29) is 12.4 Å². The van der Waals surface area contributed by atoms with Gasteiger partial charge < -0.3 is 10.2 Å². The van der Waals surface area contributed by atoms with Crippen molar-refractivity contribution in [2.45, 2.75) is 58.4 Å². The van der Waals surface area contributed by atoms with Crippen LogP contribution in [0.25, 0.3) is 0 Å². The molecule has 19 heavy (non-hydrogen) atoms. The van der Waals surface area contributed by atoms with Gasteiger partial charge in [0.05, 0.1) is 0 Å². The van der Waals surface area contributed by atoms with Crippen LogP contribution in [0.15, 0.2) is 0 Å². The van der Waals surface area contributed by atoms with Gasteiger partial charge in [-0.1, -0.05) is 13.8 Å². The van der Waals surface area contributed by atoms with Gasteiger partial charge in [-0.15, -0.1) is 12.4 Å². The van der Waals surface area contributed by atoms with Crippen LogP contribution >= 0.6 is 12.4 Å². The molecule has 2 unspecified atom stereocenters. The third kappa shape index (κ3) is 4.96. The number of carbonyl (C=O) groups excluding carboxylic acids is 1. The van der Waals surface area contributed by atoms with Crippen molar-refractivity contribution in [3.8, 4) is 0 Å². The molecule has 1 saturated carbocycles. The van der Waals surface area contributed by atoms with Crippen LogP contribution in [0.2, 0.25) is 0 Å². The van der Waals surface area contributed by atoms with E-state index in [2.05, 4.69) is 24.1 Å². The second-order valence-corrected chi connectivity index (χ2v) is 6.11. The number of hydrogen-bond acceptors (Lipinski definition) is 2. The van der Waals surface area contributed by atoms with E-state index in [0.717, 1.165) is 32.5 Å². The normalized spacial score (nSPS) is 24.4. The van der Waals surface area contributed by atoms with Gasteiger partial charge in [-0.05, 0) is 57.0 Å². The molecule has 1 aliphatic heterocycles. The van der Waals surface area contributed by atoms with Gasteiger partial charge in [-0.25, -0.2) is 0 Å². The smallest absolute Gasteiger partial charge is 0.223 e. The van der Waals surface area contributed by atoms with E-state index in [1.54, 1.807) is 0 Å². The number of nitrogens with one attached hydrogen (secondary N) is 1. The number of halogens is 1. The van der Waals surface area contributed by atoms with E-state index in [0.29, 0.717) is 23.8 Å². The monoisotopic (exact) mass is 288 g/mol. The summed E-state index contributed by atoms with van der Waals surface area (Å²) >= 11 is 0. The van der Waals surface area contributed by atoms with Crippen molar-refractivity contribution in [2.24, 2.45) is 11.8 Å². The zero-order valence-corrected chi connectivity index (χ0v) is 13.2. The summed E-state index contributed by atoms with van der Waals surface area (Å²) in [6.45, 7) is 7.63. The Bertz CT molecular complexity index is 275. The maximum absolute atomic E-state index is 12.4. The SMILES string of the molecule is CCCN(C(=O)CC(C)C1CCCNC1)C1CC1.Cl. The fourth-order valence-electron chi connectivity index (χ4n) is 3.06. The Morgan fingerprint density at radius 3 is 2.63 bits per heavy atom. The minimum Gasteiger partial charge on any atom is -0.340 e. The molecule has 1 N–H and O–H groups in total. The first-order valence-electron chi connectivity index (χ1n) is 7.72. The fourth-order valence-corrected chi connectivity index (χ4v) is 3.06. The summed E-state index contributed by atoms with van der Waals surface area (Å²) in [7, 11) is 0. The molecule has 2 rings (SSSR count). The van der Waals surface area contributed by atoms with Crippen molar-refractivity contribution in [3.05, 3.63) is 0 Å². The molecule has 0 bridgehead atoms. The molecule has 112 valence electrons. The highest BCUT2D eigenvalue weighted by Gasteiger charge is 2.33. The summed E-state index contributed by atoms with van der Waals surface area (Å²) in [6.07, 6.45) is 6.85. The number of rotatable bonds is 6. The van der Waals surface area contributed by atoms with E-state index in [1.807, 2.05) is 0 Å². The third-order valence-electron chi connectivity index (χ3n) is 4.41. The summed E-state index contributed by atoms with van der Waals surface area (Å²) in [5.74, 6) is 1.63. The molecule has 0 aromatic carbocycles. The van der Waals surface area contributed by atoms with Gasteiger partial charge in [0.1, 0.15) is 0 Å². The number of nitrogens with zero attached hydrogens (tertiary/aromatic N) is 1. The first-order valence-corrected chi connectivity index (χ1v) is 7.72. The first-order chi connectivity index (χ1) is 8.72. The third-order valence-corrected chi connectivity index (χ3v) is 4.41. The highest BCUT2D eigenvalue weighted by Crippen LogP contribution is 2.29. The van der Waals surface area contributed by atoms with Crippen LogP contribution in [0, 0.1) is 11.8 Å². The Labute approximate surface area is 123 Å². The van der Waals surface area contributed by atoms with Crippen LogP contribution in [0.1, 0.15) is 52.4 Å². The van der Waals surface area contributed by atoms with Crippen LogP contribution in [-0.4, -0.2) is 36.5 Å². The Hall–Kier alpha value is -0.280. The highest BCUT2D eigenvalue weighted by atomic mass is 35.5. The summed E-state index contributed by atoms with van der Waals surface area (Å²) in [6, 6.07) is 0.578. The predicted molar refractivity (Wildman–Crippen MR) is 81.6 cm³/mol. The lowest BCUT2D eigenvalue weighted by Crippen LogP contribution is -2.38. The fraction of sp³-hybridized carbons (Fsp3) is 0.933. The molecular weight excluding hydrogens is 260 g/mol. The van der Waals surface area contributed by atoms with E-state index in [1.165, 1.54) is 25.7 Å². The number of hydrogen-bond donors (Lipinski definition) is 1. The molecule has 3 nitrogen and oxygen atoms in total. The first kappa shape index (κ1) is 16.8. The Kier molecular flexibility index (Phi) is 7.16. The van der Waals surface area contributed by atoms with Crippen molar-refractivity contribution < 1.29 is 4.79 Å². The number of piperidine rings is 1. The highest BCUT2D eigenvalue weighted by molar-refractivity contribution is 5.85. The molecule has 1 saturated heterocycles. The van der Waals surface area contributed by atoms with E-state index >= 15 is 0 Å². The molecule has 2 aliphatic rings. The molecule has 1 heterocycles. The lowest BCUT2D eigenvalue weighted by atomic mass is 9.85. The molecule has 1 amide bonds. The minimum absolute atomic E-state index is 0. The molecule has 0 aromatic heterocycles. The van der Waals surface area contributed by atoms with Gasteiger partial charge in [0, 0.05) is 19.0 Å². The van der Waals surface area contributed by atoms with Crippen LogP contribution in [0.4, 0.5) is 0 Å².